The van der Waals surface area contributed by atoms with E-state index in [9.17, 15) is 18.0 Å². The summed E-state index contributed by atoms with van der Waals surface area (Å²) in [7, 11) is 0. The van der Waals surface area contributed by atoms with Gasteiger partial charge in [-0.1, -0.05) is 6.07 Å². The second-order valence-corrected chi connectivity index (χ2v) is 5.94. The summed E-state index contributed by atoms with van der Waals surface area (Å²) >= 11 is 0. The Morgan fingerprint density at radius 2 is 1.68 bits per heavy atom. The molecular weight excluding hydrogens is 369 g/mol. The van der Waals surface area contributed by atoms with Crippen molar-refractivity contribution in [2.45, 2.75) is 0 Å². The molecule has 1 amide bonds. The van der Waals surface area contributed by atoms with E-state index in [1.165, 1.54) is 29.1 Å². The predicted molar refractivity (Wildman–Crippen MR) is 97.2 cm³/mol. The van der Waals surface area contributed by atoms with Gasteiger partial charge in [0.1, 0.15) is 23.0 Å². The minimum absolute atomic E-state index is 0.101. The number of rotatable bonds is 4. The van der Waals surface area contributed by atoms with E-state index in [1.54, 1.807) is 35.2 Å². The molecule has 0 aliphatic rings. The Balaban J connectivity index is 1.79. The van der Waals surface area contributed by atoms with E-state index in [1.807, 2.05) is 0 Å². The van der Waals surface area contributed by atoms with Crippen molar-refractivity contribution in [3.63, 3.8) is 0 Å². The zero-order valence-electron chi connectivity index (χ0n) is 14.3. The fourth-order valence-corrected chi connectivity index (χ4v) is 2.81. The molecule has 0 saturated carbocycles. The molecule has 0 unspecified atom stereocenters. The van der Waals surface area contributed by atoms with Crippen molar-refractivity contribution < 1.29 is 18.0 Å². The Morgan fingerprint density at radius 1 is 0.929 bits per heavy atom. The first kappa shape index (κ1) is 17.6. The van der Waals surface area contributed by atoms with Gasteiger partial charge in [0.2, 0.25) is 0 Å². The topological polar surface area (TPSA) is 51.9 Å². The highest BCUT2D eigenvalue weighted by atomic mass is 19.1. The Bertz CT molecular complexity index is 1150. The molecule has 140 valence electrons. The molecule has 2 aromatic heterocycles. The number of hydrogen-bond acceptors (Lipinski definition) is 2. The monoisotopic (exact) mass is 382 g/mol. The first-order chi connectivity index (χ1) is 13.5. The van der Waals surface area contributed by atoms with E-state index in [4.69, 9.17) is 0 Å². The lowest BCUT2D eigenvalue weighted by molar-refractivity contribution is 0.102. The summed E-state index contributed by atoms with van der Waals surface area (Å²) < 4.78 is 43.9. The molecule has 2 heterocycles. The van der Waals surface area contributed by atoms with E-state index in [0.29, 0.717) is 11.5 Å². The molecule has 0 aliphatic carbocycles. The largest absolute Gasteiger partial charge is 0.319 e. The molecule has 0 aliphatic heterocycles. The normalized spacial score (nSPS) is 10.8. The maximum atomic E-state index is 13.9. The summed E-state index contributed by atoms with van der Waals surface area (Å²) in [5.74, 6) is -2.27. The van der Waals surface area contributed by atoms with Gasteiger partial charge in [0.05, 0.1) is 17.6 Å². The summed E-state index contributed by atoms with van der Waals surface area (Å²) in [6.07, 6.45) is 4.66. The number of benzene rings is 2. The molecule has 8 heteroatoms. The summed E-state index contributed by atoms with van der Waals surface area (Å²) in [5.41, 5.74) is 0.214. The van der Waals surface area contributed by atoms with Gasteiger partial charge in [-0.25, -0.2) is 17.9 Å². The molecule has 0 radical (unpaired) electrons. The number of hydrogen-bond donors (Lipinski definition) is 1. The van der Waals surface area contributed by atoms with Crippen LogP contribution in [0.1, 0.15) is 10.4 Å². The number of aromatic nitrogens is 3. The van der Waals surface area contributed by atoms with Gasteiger partial charge in [-0.3, -0.25) is 4.79 Å². The number of carbonyl (C=O) groups is 1. The second kappa shape index (κ2) is 7.07. The average Bonchev–Trinajstić information content (AvgIpc) is 3.33. The highest BCUT2D eigenvalue weighted by molar-refractivity contribution is 6.06. The van der Waals surface area contributed by atoms with Crippen LogP contribution in [0, 0.1) is 17.5 Å². The summed E-state index contributed by atoms with van der Waals surface area (Å²) in [4.78, 5) is 12.8. The zero-order chi connectivity index (χ0) is 19.7. The molecule has 28 heavy (non-hydrogen) atoms. The highest BCUT2D eigenvalue weighted by Gasteiger charge is 2.21. The third-order valence-electron chi connectivity index (χ3n) is 4.07. The third kappa shape index (κ3) is 3.27. The SMILES string of the molecule is O=C(Nc1cc(F)ccc1F)c1cnn(-c2cccc(F)c2)c1-n1cccc1. The van der Waals surface area contributed by atoms with E-state index < -0.39 is 23.4 Å². The van der Waals surface area contributed by atoms with Crippen molar-refractivity contribution in [2.24, 2.45) is 0 Å². The Hall–Kier alpha value is -3.81. The van der Waals surface area contributed by atoms with Crippen LogP contribution in [0.25, 0.3) is 11.5 Å². The van der Waals surface area contributed by atoms with Crippen LogP contribution < -0.4 is 5.32 Å². The summed E-state index contributed by atoms with van der Waals surface area (Å²) in [6, 6.07) is 12.0. The minimum atomic E-state index is -0.769. The Kier molecular flexibility index (Phi) is 4.44. The van der Waals surface area contributed by atoms with Crippen LogP contribution in [-0.4, -0.2) is 20.3 Å². The smallest absolute Gasteiger partial charge is 0.261 e. The van der Waals surface area contributed by atoms with E-state index >= 15 is 0 Å². The van der Waals surface area contributed by atoms with Gasteiger partial charge in [0.25, 0.3) is 5.91 Å². The Labute approximate surface area is 157 Å². The lowest BCUT2D eigenvalue weighted by Crippen LogP contribution is -2.16. The molecule has 4 aromatic rings. The third-order valence-corrected chi connectivity index (χ3v) is 4.07. The molecule has 0 bridgehead atoms. The zero-order valence-corrected chi connectivity index (χ0v) is 14.3. The van der Waals surface area contributed by atoms with E-state index in [2.05, 4.69) is 10.4 Å². The quantitative estimate of drug-likeness (QED) is 0.571. The standard InChI is InChI=1S/C20H13F3N4O/c21-13-4-3-5-15(10-13)27-20(26-8-1-2-9-26)16(12-24-27)19(28)25-18-11-14(22)6-7-17(18)23/h1-12H,(H,25,28). The maximum Gasteiger partial charge on any atom is 0.261 e. The van der Waals surface area contributed by atoms with Crippen molar-refractivity contribution in [1.82, 2.24) is 14.3 Å². The van der Waals surface area contributed by atoms with Crippen LogP contribution in [0.15, 0.2) is 73.2 Å². The molecule has 2 aromatic carbocycles. The molecule has 0 atom stereocenters. The van der Waals surface area contributed by atoms with Crippen molar-refractivity contribution >= 4 is 11.6 Å². The van der Waals surface area contributed by atoms with Crippen LogP contribution in [0.5, 0.6) is 0 Å². The second-order valence-electron chi connectivity index (χ2n) is 5.94. The molecule has 5 nitrogen and oxygen atoms in total. The average molecular weight is 382 g/mol. The number of anilines is 1. The predicted octanol–water partition coefficient (Wildman–Crippen LogP) is 4.33. The van der Waals surface area contributed by atoms with Crippen molar-refractivity contribution in [1.29, 1.82) is 0 Å². The molecular formula is C20H13F3N4O. The van der Waals surface area contributed by atoms with Gasteiger partial charge in [0.15, 0.2) is 5.82 Å². The lowest BCUT2D eigenvalue weighted by Gasteiger charge is -2.11. The van der Waals surface area contributed by atoms with Crippen molar-refractivity contribution in [2.75, 3.05) is 5.32 Å². The van der Waals surface area contributed by atoms with Crippen LogP contribution in [-0.2, 0) is 0 Å². The molecule has 4 rings (SSSR count). The van der Waals surface area contributed by atoms with E-state index in [0.717, 1.165) is 18.2 Å². The van der Waals surface area contributed by atoms with Crippen LogP contribution in [0.2, 0.25) is 0 Å². The van der Waals surface area contributed by atoms with Crippen molar-refractivity contribution in [3.8, 4) is 11.5 Å². The highest BCUT2D eigenvalue weighted by Crippen LogP contribution is 2.23. The fraction of sp³-hybridized carbons (Fsp3) is 0. The van der Waals surface area contributed by atoms with Gasteiger partial charge >= 0.3 is 0 Å². The summed E-state index contributed by atoms with van der Waals surface area (Å²) in [5, 5.41) is 6.54. The first-order valence-corrected chi connectivity index (χ1v) is 8.26. The van der Waals surface area contributed by atoms with Gasteiger partial charge in [0, 0.05) is 18.5 Å². The molecule has 1 N–H and O–H groups in total. The number of halogens is 3. The van der Waals surface area contributed by atoms with Crippen LogP contribution >= 0.6 is 0 Å². The fourth-order valence-electron chi connectivity index (χ4n) is 2.81. The number of nitrogens with zero attached hydrogens (tertiary/aromatic N) is 3. The van der Waals surface area contributed by atoms with Gasteiger partial charge in [-0.2, -0.15) is 5.10 Å². The summed E-state index contributed by atoms with van der Waals surface area (Å²) in [6.45, 7) is 0. The Morgan fingerprint density at radius 3 is 2.43 bits per heavy atom. The lowest BCUT2D eigenvalue weighted by atomic mass is 10.2. The van der Waals surface area contributed by atoms with E-state index in [-0.39, 0.29) is 11.3 Å². The van der Waals surface area contributed by atoms with Crippen LogP contribution in [0.3, 0.4) is 0 Å². The van der Waals surface area contributed by atoms with Crippen molar-refractivity contribution in [3.05, 3.63) is 96.2 Å². The minimum Gasteiger partial charge on any atom is -0.319 e. The molecule has 0 spiro atoms. The number of amides is 1. The number of carbonyl (C=O) groups excluding carboxylic acids is 1. The molecule has 0 saturated heterocycles. The number of nitrogens with one attached hydrogen (secondary N) is 1. The van der Waals surface area contributed by atoms with Gasteiger partial charge < -0.3 is 9.88 Å². The van der Waals surface area contributed by atoms with Crippen LogP contribution in [0.4, 0.5) is 18.9 Å². The maximum absolute atomic E-state index is 13.9. The van der Waals surface area contributed by atoms with Gasteiger partial charge in [-0.15, -0.1) is 0 Å². The van der Waals surface area contributed by atoms with Gasteiger partial charge in [-0.05, 0) is 42.5 Å². The first-order valence-electron chi connectivity index (χ1n) is 8.26. The molecule has 0 fully saturated rings.